The molecular weight excluding hydrogens is 260 g/mol. The van der Waals surface area contributed by atoms with E-state index in [1.807, 2.05) is 11.0 Å². The third kappa shape index (κ3) is 2.30. The zero-order chi connectivity index (χ0) is 14.9. The summed E-state index contributed by atoms with van der Waals surface area (Å²) in [7, 11) is 0. The molecule has 1 atom stereocenters. The first-order valence-corrected chi connectivity index (χ1v) is 7.97. The molecule has 0 aromatic heterocycles. The van der Waals surface area contributed by atoms with Crippen LogP contribution < -0.4 is 10.2 Å². The van der Waals surface area contributed by atoms with E-state index in [-0.39, 0.29) is 11.3 Å². The summed E-state index contributed by atoms with van der Waals surface area (Å²) in [6.45, 7) is 6.82. The maximum atomic E-state index is 13.0. The summed E-state index contributed by atoms with van der Waals surface area (Å²) >= 11 is 0. The molecule has 1 aromatic rings. The molecule has 1 amide bonds. The highest BCUT2D eigenvalue weighted by Crippen LogP contribution is 2.45. The lowest BCUT2D eigenvalue weighted by Crippen LogP contribution is -2.42. The third-order valence-electron chi connectivity index (χ3n) is 4.92. The summed E-state index contributed by atoms with van der Waals surface area (Å²) in [5.41, 5.74) is 3.43. The van der Waals surface area contributed by atoms with Gasteiger partial charge < -0.3 is 10.2 Å². The van der Waals surface area contributed by atoms with Gasteiger partial charge in [0, 0.05) is 18.8 Å². The highest BCUT2D eigenvalue weighted by Gasteiger charge is 2.51. The number of anilines is 1. The van der Waals surface area contributed by atoms with E-state index in [1.54, 1.807) is 0 Å². The molecular formula is C18H24N2O. The molecule has 3 heteroatoms. The van der Waals surface area contributed by atoms with E-state index in [2.05, 4.69) is 43.4 Å². The number of hydrogen-bond donors (Lipinski definition) is 1. The molecule has 1 unspecified atom stereocenters. The highest BCUT2D eigenvalue weighted by molar-refractivity contribution is 6.08. The molecule has 0 saturated carbocycles. The Morgan fingerprint density at radius 3 is 2.95 bits per heavy atom. The van der Waals surface area contributed by atoms with Gasteiger partial charge in [0.2, 0.25) is 5.91 Å². The summed E-state index contributed by atoms with van der Waals surface area (Å²) in [5.74, 6) is 0.288. The Bertz CT molecular complexity index is 570. The van der Waals surface area contributed by atoms with E-state index in [0.29, 0.717) is 0 Å². The number of carbonyl (C=O) groups is 1. The van der Waals surface area contributed by atoms with Crippen LogP contribution in [-0.2, 0) is 10.2 Å². The van der Waals surface area contributed by atoms with E-state index in [1.165, 1.54) is 11.1 Å². The van der Waals surface area contributed by atoms with Crippen molar-refractivity contribution in [2.75, 3.05) is 24.5 Å². The number of para-hydroxylation sites is 1. The molecule has 0 aliphatic carbocycles. The van der Waals surface area contributed by atoms with Gasteiger partial charge in [0.25, 0.3) is 0 Å². The van der Waals surface area contributed by atoms with E-state index in [0.717, 1.165) is 44.6 Å². The number of benzene rings is 1. The summed E-state index contributed by atoms with van der Waals surface area (Å²) in [6, 6.07) is 8.31. The number of amides is 1. The van der Waals surface area contributed by atoms with Crippen molar-refractivity contribution in [1.82, 2.24) is 5.32 Å². The van der Waals surface area contributed by atoms with Crippen molar-refractivity contribution in [3.63, 3.8) is 0 Å². The maximum absolute atomic E-state index is 13.0. The van der Waals surface area contributed by atoms with Crippen molar-refractivity contribution in [3.8, 4) is 0 Å². The lowest BCUT2D eigenvalue weighted by Gasteiger charge is -2.22. The normalized spacial score (nSPS) is 25.0. The van der Waals surface area contributed by atoms with Crippen molar-refractivity contribution >= 4 is 11.6 Å². The number of fused-ring (bicyclic) bond motifs is 2. The number of nitrogens with zero attached hydrogens (tertiary/aromatic N) is 1. The molecule has 1 N–H and O–H groups in total. The molecule has 1 spiro atoms. The number of rotatable bonds is 4. The van der Waals surface area contributed by atoms with E-state index < -0.39 is 0 Å². The third-order valence-corrected chi connectivity index (χ3v) is 4.92. The van der Waals surface area contributed by atoms with Gasteiger partial charge in [0.15, 0.2) is 0 Å². The molecule has 0 bridgehead atoms. The molecule has 21 heavy (non-hydrogen) atoms. The van der Waals surface area contributed by atoms with Gasteiger partial charge in [-0.05, 0) is 44.4 Å². The summed E-state index contributed by atoms with van der Waals surface area (Å²) in [4.78, 5) is 15.0. The van der Waals surface area contributed by atoms with Gasteiger partial charge in [-0.1, -0.05) is 36.8 Å². The first-order chi connectivity index (χ1) is 10.2. The van der Waals surface area contributed by atoms with Crippen molar-refractivity contribution in [1.29, 1.82) is 0 Å². The summed E-state index contributed by atoms with van der Waals surface area (Å²) in [5, 5.41) is 3.37. The van der Waals surface area contributed by atoms with Crippen LogP contribution in [0.2, 0.25) is 0 Å². The SMILES string of the molecule is CCC(C)=CCCN1C(=O)C2(CCNC2)c2ccccc21. The largest absolute Gasteiger partial charge is 0.315 e. The predicted molar refractivity (Wildman–Crippen MR) is 86.6 cm³/mol. The second-order valence-corrected chi connectivity index (χ2v) is 6.18. The average molecular weight is 284 g/mol. The molecule has 1 aromatic carbocycles. The zero-order valence-electron chi connectivity index (χ0n) is 13.0. The molecule has 2 aliphatic heterocycles. The average Bonchev–Trinajstić information content (AvgIpc) is 3.08. The Morgan fingerprint density at radius 1 is 1.43 bits per heavy atom. The molecule has 3 rings (SSSR count). The second-order valence-electron chi connectivity index (χ2n) is 6.18. The van der Waals surface area contributed by atoms with Gasteiger partial charge in [-0.25, -0.2) is 0 Å². The Kier molecular flexibility index (Phi) is 3.85. The minimum Gasteiger partial charge on any atom is -0.315 e. The lowest BCUT2D eigenvalue weighted by atomic mass is 9.81. The number of nitrogens with one attached hydrogen (secondary N) is 1. The number of carbonyl (C=O) groups excluding carboxylic acids is 1. The standard InChI is InChI=1S/C18H24N2O/c1-3-14(2)7-6-12-20-16-9-5-4-8-15(16)18(17(20)21)10-11-19-13-18/h4-5,7-9,19H,3,6,10-13H2,1-2H3. The smallest absolute Gasteiger partial charge is 0.239 e. The fourth-order valence-corrected chi connectivity index (χ4v) is 3.51. The van der Waals surface area contributed by atoms with Gasteiger partial charge in [0.05, 0.1) is 5.41 Å². The topological polar surface area (TPSA) is 32.3 Å². The van der Waals surface area contributed by atoms with E-state index in [9.17, 15) is 4.79 Å². The first-order valence-electron chi connectivity index (χ1n) is 7.97. The number of hydrogen-bond acceptors (Lipinski definition) is 2. The van der Waals surface area contributed by atoms with E-state index >= 15 is 0 Å². The van der Waals surface area contributed by atoms with Gasteiger partial charge in [-0.15, -0.1) is 0 Å². The van der Waals surface area contributed by atoms with Crippen LogP contribution in [0.1, 0.15) is 38.7 Å². The Labute approximate surface area is 127 Å². The van der Waals surface area contributed by atoms with Gasteiger partial charge in [-0.3, -0.25) is 4.79 Å². The van der Waals surface area contributed by atoms with Crippen LogP contribution in [0.15, 0.2) is 35.9 Å². The quantitative estimate of drug-likeness (QED) is 0.862. The number of allylic oxidation sites excluding steroid dienone is 1. The summed E-state index contributed by atoms with van der Waals surface area (Å²) < 4.78 is 0. The molecule has 0 radical (unpaired) electrons. The van der Waals surface area contributed by atoms with Crippen molar-refractivity contribution < 1.29 is 4.79 Å². The van der Waals surface area contributed by atoms with Crippen LogP contribution in [0.3, 0.4) is 0 Å². The monoisotopic (exact) mass is 284 g/mol. The minimum atomic E-state index is -0.305. The molecule has 2 heterocycles. The van der Waals surface area contributed by atoms with E-state index in [4.69, 9.17) is 0 Å². The van der Waals surface area contributed by atoms with Gasteiger partial charge >= 0.3 is 0 Å². The molecule has 112 valence electrons. The maximum Gasteiger partial charge on any atom is 0.239 e. The fourth-order valence-electron chi connectivity index (χ4n) is 3.51. The van der Waals surface area contributed by atoms with Crippen LogP contribution in [0, 0.1) is 0 Å². The van der Waals surface area contributed by atoms with Crippen molar-refractivity contribution in [3.05, 3.63) is 41.5 Å². The van der Waals surface area contributed by atoms with Crippen LogP contribution in [-0.4, -0.2) is 25.5 Å². The van der Waals surface area contributed by atoms with Crippen molar-refractivity contribution in [2.45, 2.75) is 38.5 Å². The highest BCUT2D eigenvalue weighted by atomic mass is 16.2. The molecule has 3 nitrogen and oxygen atoms in total. The van der Waals surface area contributed by atoms with Crippen LogP contribution in [0.4, 0.5) is 5.69 Å². The molecule has 1 fully saturated rings. The summed E-state index contributed by atoms with van der Waals surface area (Å²) in [6.07, 6.45) is 5.19. The van der Waals surface area contributed by atoms with Crippen LogP contribution in [0.5, 0.6) is 0 Å². The first kappa shape index (κ1) is 14.3. The zero-order valence-corrected chi connectivity index (χ0v) is 13.0. The minimum absolute atomic E-state index is 0.288. The fraction of sp³-hybridized carbons (Fsp3) is 0.500. The second kappa shape index (κ2) is 5.64. The van der Waals surface area contributed by atoms with Gasteiger partial charge in [-0.2, -0.15) is 0 Å². The molecule has 1 saturated heterocycles. The lowest BCUT2D eigenvalue weighted by molar-refractivity contribution is -0.122. The Balaban J connectivity index is 1.87. The Hall–Kier alpha value is -1.61. The van der Waals surface area contributed by atoms with Gasteiger partial charge in [0.1, 0.15) is 0 Å². The molecule has 2 aliphatic rings. The Morgan fingerprint density at radius 2 is 2.24 bits per heavy atom. The predicted octanol–water partition coefficient (Wildman–Crippen LogP) is 3.01. The van der Waals surface area contributed by atoms with Crippen molar-refractivity contribution in [2.24, 2.45) is 0 Å². The van der Waals surface area contributed by atoms with Crippen LogP contribution in [0.25, 0.3) is 0 Å². The van der Waals surface area contributed by atoms with Crippen LogP contribution >= 0.6 is 0 Å².